The SMILES string of the molecule is CC(C)C[C@H](NC(=O)CNC(=O)[C@H](CCC(=O)O)NC(=O)[C@@H](N)CC(N)=O)C(=O)NCC(=O)N[C@@H](Cc1c[nH]c2ccccc12)C(=O)N[C@@H](C)C(=O)NCC(=O)N[C@@H](Cc1c[nH]c2ccccc12)C(=O)O. The van der Waals surface area contributed by atoms with Crippen molar-refractivity contribution in [2.75, 3.05) is 19.6 Å². The van der Waals surface area contributed by atoms with Crippen molar-refractivity contribution in [1.29, 1.82) is 0 Å². The molecule has 382 valence electrons. The molecule has 71 heavy (non-hydrogen) atoms. The van der Waals surface area contributed by atoms with E-state index in [1.165, 1.54) is 6.92 Å². The van der Waals surface area contributed by atoms with Crippen molar-refractivity contribution < 1.29 is 63.0 Å². The average Bonchev–Trinajstić information content (AvgIpc) is 3.92. The van der Waals surface area contributed by atoms with Crippen molar-refractivity contribution in [3.63, 3.8) is 0 Å². The van der Waals surface area contributed by atoms with Gasteiger partial charge in [0.15, 0.2) is 0 Å². The van der Waals surface area contributed by atoms with E-state index in [0.717, 1.165) is 21.8 Å². The van der Waals surface area contributed by atoms with Gasteiger partial charge in [0, 0.05) is 53.5 Å². The zero-order chi connectivity index (χ0) is 52.4. The Labute approximate surface area is 406 Å². The van der Waals surface area contributed by atoms with Gasteiger partial charge in [0.05, 0.1) is 32.1 Å². The Morgan fingerprint density at radius 3 is 1.52 bits per heavy atom. The van der Waals surface area contributed by atoms with Gasteiger partial charge in [0.1, 0.15) is 30.2 Å². The second-order valence-electron chi connectivity index (χ2n) is 17.1. The lowest BCUT2D eigenvalue weighted by molar-refractivity contribution is -0.141. The fourth-order valence-electron chi connectivity index (χ4n) is 7.30. The number of benzene rings is 2. The second-order valence-corrected chi connectivity index (χ2v) is 17.1. The molecular weight excluding hydrogens is 929 g/mol. The van der Waals surface area contributed by atoms with Crippen molar-refractivity contribution >= 4 is 86.9 Å². The highest BCUT2D eigenvalue weighted by atomic mass is 16.4. The first kappa shape index (κ1) is 55.2. The summed E-state index contributed by atoms with van der Waals surface area (Å²) in [4.78, 5) is 145. The Morgan fingerprint density at radius 1 is 0.563 bits per heavy atom. The van der Waals surface area contributed by atoms with Crippen molar-refractivity contribution in [2.45, 2.75) is 95.5 Å². The number of primary amides is 1. The number of fused-ring (bicyclic) bond motifs is 2. The summed E-state index contributed by atoms with van der Waals surface area (Å²) in [6.45, 7) is 2.83. The number of H-pyrrole nitrogens is 2. The van der Waals surface area contributed by atoms with Crippen LogP contribution in [0.2, 0.25) is 0 Å². The largest absolute Gasteiger partial charge is 0.481 e. The molecule has 16 N–H and O–H groups in total. The monoisotopic (exact) mass is 988 g/mol. The van der Waals surface area contributed by atoms with Gasteiger partial charge in [0.25, 0.3) is 0 Å². The Bertz CT molecular complexity index is 2610. The fraction of sp³-hybridized carbons (Fsp3) is 0.413. The first-order valence-electron chi connectivity index (χ1n) is 22.5. The van der Waals surface area contributed by atoms with Gasteiger partial charge in [-0.15, -0.1) is 0 Å². The van der Waals surface area contributed by atoms with Crippen LogP contribution in [-0.4, -0.2) is 141 Å². The molecule has 6 atom stereocenters. The van der Waals surface area contributed by atoms with E-state index < -0.39 is 140 Å². The minimum absolute atomic E-state index is 0.0420. The highest BCUT2D eigenvalue weighted by Crippen LogP contribution is 2.20. The summed E-state index contributed by atoms with van der Waals surface area (Å²) in [7, 11) is 0. The third kappa shape index (κ3) is 17.6. The van der Waals surface area contributed by atoms with Crippen LogP contribution in [0.15, 0.2) is 60.9 Å². The molecule has 0 saturated carbocycles. The standard InChI is InChI=1S/C46H60N12O13/c1-23(2)14-33(55-37(60)21-52-43(67)32(12-13-40(63)64)58-42(66)29(47)17-36(48)59)44(68)53-22-38(61)56-34(15-25-18-49-30-10-6-4-8-27(25)30)45(69)54-24(3)41(65)51-20-39(62)57-35(46(70)71)16-26-19-50-31-11-7-5-9-28(26)31/h4-11,18-19,23-24,29,32-35,49-50H,12-17,20-22,47H2,1-3H3,(H2,48,59)(H,51,65)(H,52,67)(H,53,68)(H,54,69)(H,55,60)(H,56,61)(H,57,62)(H,58,66)(H,63,64)(H,70,71)/t24-,29-,32-,33-,34-,35-/m0/s1. The summed E-state index contributed by atoms with van der Waals surface area (Å²) in [5.74, 6) is -10.5. The second kappa shape index (κ2) is 26.4. The molecule has 25 nitrogen and oxygen atoms in total. The quantitative estimate of drug-likeness (QED) is 0.0278. The number of aromatic amines is 2. The molecule has 0 spiro atoms. The predicted molar refractivity (Wildman–Crippen MR) is 254 cm³/mol. The maximum absolute atomic E-state index is 13.8. The number of hydrogen-bond acceptors (Lipinski definition) is 12. The lowest BCUT2D eigenvalue weighted by Crippen LogP contribution is -2.56. The van der Waals surface area contributed by atoms with Gasteiger partial charge in [-0.25, -0.2) is 4.79 Å². The number of hydrogen-bond donors (Lipinski definition) is 14. The van der Waals surface area contributed by atoms with Crippen molar-refractivity contribution in [3.8, 4) is 0 Å². The van der Waals surface area contributed by atoms with E-state index in [9.17, 15) is 57.8 Å². The summed E-state index contributed by atoms with van der Waals surface area (Å²) in [5.41, 5.74) is 13.5. The van der Waals surface area contributed by atoms with Crippen LogP contribution in [-0.2, 0) is 65.6 Å². The molecule has 2 heterocycles. The molecule has 2 aromatic carbocycles. The molecule has 0 aliphatic rings. The molecule has 0 aliphatic carbocycles. The number of carboxylic acids is 2. The number of para-hydroxylation sites is 2. The fourth-order valence-corrected chi connectivity index (χ4v) is 7.30. The van der Waals surface area contributed by atoms with Crippen LogP contribution >= 0.6 is 0 Å². The zero-order valence-electron chi connectivity index (χ0n) is 39.2. The molecule has 0 saturated heterocycles. The van der Waals surface area contributed by atoms with Crippen molar-refractivity contribution in [1.82, 2.24) is 52.5 Å². The minimum Gasteiger partial charge on any atom is -0.481 e. The van der Waals surface area contributed by atoms with Gasteiger partial charge in [-0.2, -0.15) is 0 Å². The summed E-state index contributed by atoms with van der Waals surface area (Å²) in [5, 5.41) is 39.7. The molecule has 4 rings (SSSR count). The number of nitrogens with one attached hydrogen (secondary N) is 10. The molecule has 9 amide bonds. The molecule has 4 aromatic rings. The topological polar surface area (TPSA) is 408 Å². The lowest BCUT2D eigenvalue weighted by Gasteiger charge is -2.23. The van der Waals surface area contributed by atoms with Crippen LogP contribution < -0.4 is 54.0 Å². The predicted octanol–water partition coefficient (Wildman–Crippen LogP) is -2.57. The molecule has 2 aromatic heterocycles. The van der Waals surface area contributed by atoms with E-state index in [4.69, 9.17) is 16.6 Å². The van der Waals surface area contributed by atoms with Gasteiger partial charge in [0.2, 0.25) is 53.2 Å². The van der Waals surface area contributed by atoms with E-state index in [1.807, 2.05) is 18.2 Å². The van der Waals surface area contributed by atoms with Crippen LogP contribution in [0.5, 0.6) is 0 Å². The minimum atomic E-state index is -1.47. The molecule has 0 radical (unpaired) electrons. The number of nitrogens with two attached hydrogens (primary N) is 2. The normalized spacial score (nSPS) is 13.6. The summed E-state index contributed by atoms with van der Waals surface area (Å²) in [6.07, 6.45) is 1.73. The maximum Gasteiger partial charge on any atom is 0.326 e. The van der Waals surface area contributed by atoms with Crippen LogP contribution in [0.4, 0.5) is 0 Å². The first-order chi connectivity index (χ1) is 33.6. The Morgan fingerprint density at radius 2 is 1.03 bits per heavy atom. The number of carbonyl (C=O) groups is 11. The molecule has 25 heteroatoms. The number of amides is 9. The molecule has 0 fully saturated rings. The average molecular weight is 989 g/mol. The maximum atomic E-state index is 13.8. The number of aliphatic carboxylic acids is 2. The third-order valence-electron chi connectivity index (χ3n) is 10.9. The summed E-state index contributed by atoms with van der Waals surface area (Å²) in [6, 6.07) is 6.38. The van der Waals surface area contributed by atoms with E-state index in [1.54, 1.807) is 56.6 Å². The van der Waals surface area contributed by atoms with Gasteiger partial charge in [-0.1, -0.05) is 50.2 Å². The highest BCUT2D eigenvalue weighted by molar-refractivity contribution is 5.97. The Hall–Kier alpha value is -8.35. The number of aromatic nitrogens is 2. The van der Waals surface area contributed by atoms with E-state index >= 15 is 0 Å². The number of carbonyl (C=O) groups excluding carboxylic acids is 9. The van der Waals surface area contributed by atoms with Crippen LogP contribution in [0, 0.1) is 5.92 Å². The van der Waals surface area contributed by atoms with Gasteiger partial charge in [-0.3, -0.25) is 47.9 Å². The zero-order valence-corrected chi connectivity index (χ0v) is 39.2. The molecular formula is C46H60N12O13. The Kier molecular flexibility index (Phi) is 20.6. The molecule has 0 bridgehead atoms. The Balaban J connectivity index is 1.35. The lowest BCUT2D eigenvalue weighted by atomic mass is 10.0. The van der Waals surface area contributed by atoms with Crippen molar-refractivity contribution in [3.05, 3.63) is 72.1 Å². The van der Waals surface area contributed by atoms with Crippen molar-refractivity contribution in [2.24, 2.45) is 17.4 Å². The third-order valence-corrected chi connectivity index (χ3v) is 10.9. The van der Waals surface area contributed by atoms with E-state index in [-0.39, 0.29) is 25.2 Å². The first-order valence-corrected chi connectivity index (χ1v) is 22.5. The van der Waals surface area contributed by atoms with Gasteiger partial charge in [-0.05, 0) is 48.9 Å². The van der Waals surface area contributed by atoms with Gasteiger partial charge >= 0.3 is 11.9 Å². The van der Waals surface area contributed by atoms with Crippen LogP contribution in [0.1, 0.15) is 57.6 Å². The summed E-state index contributed by atoms with van der Waals surface area (Å²) >= 11 is 0. The molecule has 0 aliphatic heterocycles. The number of carboxylic acid groups (broad SMARTS) is 2. The van der Waals surface area contributed by atoms with Crippen LogP contribution in [0.3, 0.4) is 0 Å². The van der Waals surface area contributed by atoms with E-state index in [2.05, 4.69) is 52.5 Å². The molecule has 0 unspecified atom stereocenters. The number of rotatable bonds is 28. The summed E-state index contributed by atoms with van der Waals surface area (Å²) < 4.78 is 0. The highest BCUT2D eigenvalue weighted by Gasteiger charge is 2.30. The van der Waals surface area contributed by atoms with E-state index in [0.29, 0.717) is 11.1 Å². The van der Waals surface area contributed by atoms with Crippen LogP contribution in [0.25, 0.3) is 21.8 Å². The smallest absolute Gasteiger partial charge is 0.326 e. The van der Waals surface area contributed by atoms with Gasteiger partial charge < -0.3 is 74.2 Å².